The van der Waals surface area contributed by atoms with Gasteiger partial charge >= 0.3 is 6.03 Å². The summed E-state index contributed by atoms with van der Waals surface area (Å²) in [6.07, 6.45) is 0.768. The van der Waals surface area contributed by atoms with Gasteiger partial charge < -0.3 is 15.3 Å². The van der Waals surface area contributed by atoms with E-state index in [0.29, 0.717) is 5.92 Å². The third kappa shape index (κ3) is 2.37. The number of carbonyl (C=O) groups is 1. The summed E-state index contributed by atoms with van der Waals surface area (Å²) < 4.78 is 0. The lowest BCUT2D eigenvalue weighted by Gasteiger charge is -2.18. The molecule has 1 saturated heterocycles. The summed E-state index contributed by atoms with van der Waals surface area (Å²) in [4.78, 5) is 12.9. The zero-order valence-corrected chi connectivity index (χ0v) is 7.42. The second-order valence-corrected chi connectivity index (χ2v) is 3.30. The van der Waals surface area contributed by atoms with Crippen LogP contribution in [0, 0.1) is 5.92 Å². The van der Waals surface area contributed by atoms with E-state index in [-0.39, 0.29) is 12.6 Å². The molecule has 1 fully saturated rings. The van der Waals surface area contributed by atoms with Gasteiger partial charge in [0.1, 0.15) is 0 Å². The van der Waals surface area contributed by atoms with Crippen molar-refractivity contribution < 1.29 is 9.90 Å². The van der Waals surface area contributed by atoms with Crippen molar-refractivity contribution in [1.29, 1.82) is 0 Å². The molecule has 1 aliphatic heterocycles. The quantitative estimate of drug-likeness (QED) is 0.628. The monoisotopic (exact) mass is 172 g/mol. The molecule has 1 unspecified atom stereocenters. The molecule has 0 bridgehead atoms. The number of urea groups is 1. The van der Waals surface area contributed by atoms with Crippen molar-refractivity contribution in [3.05, 3.63) is 0 Å². The lowest BCUT2D eigenvalue weighted by Crippen LogP contribution is -2.32. The molecule has 4 heteroatoms. The van der Waals surface area contributed by atoms with E-state index >= 15 is 0 Å². The summed E-state index contributed by atoms with van der Waals surface area (Å²) in [6.45, 7) is 4.56. The van der Waals surface area contributed by atoms with E-state index in [4.69, 9.17) is 5.11 Å². The predicted octanol–water partition coefficient (Wildman–Crippen LogP) is 0.0301. The Hall–Kier alpha value is -0.770. The molecule has 2 amide bonds. The molecule has 2 N–H and O–H groups in total. The Morgan fingerprint density at radius 2 is 2.50 bits per heavy atom. The highest BCUT2D eigenvalue weighted by Crippen LogP contribution is 2.06. The second kappa shape index (κ2) is 4.30. The van der Waals surface area contributed by atoms with Crippen molar-refractivity contribution in [2.24, 2.45) is 5.92 Å². The molecule has 0 aliphatic carbocycles. The van der Waals surface area contributed by atoms with Crippen molar-refractivity contribution >= 4 is 6.03 Å². The molecule has 1 rings (SSSR count). The minimum Gasteiger partial charge on any atom is -0.396 e. The molecule has 4 nitrogen and oxygen atoms in total. The van der Waals surface area contributed by atoms with E-state index in [2.05, 4.69) is 5.32 Å². The van der Waals surface area contributed by atoms with Gasteiger partial charge in [-0.05, 0) is 12.3 Å². The van der Waals surface area contributed by atoms with Gasteiger partial charge in [0.15, 0.2) is 0 Å². The minimum atomic E-state index is 0.0276. The van der Waals surface area contributed by atoms with E-state index in [1.807, 2.05) is 6.92 Å². The average Bonchev–Trinajstić information content (AvgIpc) is 2.37. The van der Waals surface area contributed by atoms with Crippen molar-refractivity contribution in [3.8, 4) is 0 Å². The molecular weight excluding hydrogens is 156 g/mol. The summed E-state index contributed by atoms with van der Waals surface area (Å²) in [5.74, 6) is 0.388. The average molecular weight is 172 g/mol. The summed E-state index contributed by atoms with van der Waals surface area (Å²) in [7, 11) is 0. The zero-order chi connectivity index (χ0) is 8.97. The van der Waals surface area contributed by atoms with Crippen LogP contribution in [0.4, 0.5) is 4.79 Å². The summed E-state index contributed by atoms with van der Waals surface area (Å²) >= 11 is 0. The van der Waals surface area contributed by atoms with Crippen LogP contribution in [0.2, 0.25) is 0 Å². The smallest absolute Gasteiger partial charge is 0.317 e. The third-order valence-corrected chi connectivity index (χ3v) is 2.10. The predicted molar refractivity (Wildman–Crippen MR) is 45.8 cm³/mol. The van der Waals surface area contributed by atoms with E-state index in [0.717, 1.165) is 26.1 Å². The standard InChI is InChI=1S/C8H16N2O2/c1-7(2-5-11)6-10-4-3-9-8(10)12/h7,11H,2-6H2,1H3,(H,9,12). The molecule has 1 aliphatic rings. The Balaban J connectivity index is 2.25. The minimum absolute atomic E-state index is 0.0276. The van der Waals surface area contributed by atoms with Crippen molar-refractivity contribution in [3.63, 3.8) is 0 Å². The first kappa shape index (κ1) is 9.32. The number of nitrogens with one attached hydrogen (secondary N) is 1. The van der Waals surface area contributed by atoms with Gasteiger partial charge in [-0.15, -0.1) is 0 Å². The van der Waals surface area contributed by atoms with Gasteiger partial charge in [0.25, 0.3) is 0 Å². The van der Waals surface area contributed by atoms with Crippen molar-refractivity contribution in [2.75, 3.05) is 26.2 Å². The maximum absolute atomic E-state index is 11.1. The van der Waals surface area contributed by atoms with Gasteiger partial charge in [-0.3, -0.25) is 0 Å². The Labute approximate surface area is 72.6 Å². The maximum Gasteiger partial charge on any atom is 0.317 e. The summed E-state index contributed by atoms with van der Waals surface area (Å²) in [6, 6.07) is 0.0276. The highest BCUT2D eigenvalue weighted by Gasteiger charge is 2.20. The molecule has 0 saturated carbocycles. The Kier molecular flexibility index (Phi) is 3.34. The molecule has 0 radical (unpaired) electrons. The number of carbonyl (C=O) groups excluding carboxylic acids is 1. The van der Waals surface area contributed by atoms with E-state index in [1.165, 1.54) is 0 Å². The molecule has 1 heterocycles. The molecule has 12 heavy (non-hydrogen) atoms. The summed E-state index contributed by atoms with van der Waals surface area (Å²) in [5, 5.41) is 11.4. The normalized spacial score (nSPS) is 19.5. The lowest BCUT2D eigenvalue weighted by atomic mass is 10.1. The number of amides is 2. The number of aliphatic hydroxyl groups is 1. The fourth-order valence-corrected chi connectivity index (χ4v) is 1.37. The van der Waals surface area contributed by atoms with Gasteiger partial charge in [0.05, 0.1) is 0 Å². The molecule has 0 aromatic rings. The van der Waals surface area contributed by atoms with E-state index in [9.17, 15) is 4.79 Å². The SMILES string of the molecule is CC(CCO)CN1CCNC1=O. The maximum atomic E-state index is 11.1. The highest BCUT2D eigenvalue weighted by molar-refractivity contribution is 5.76. The molecule has 1 atom stereocenters. The first-order chi connectivity index (χ1) is 5.74. The number of nitrogens with zero attached hydrogens (tertiary/aromatic N) is 1. The topological polar surface area (TPSA) is 52.6 Å². The molecule has 70 valence electrons. The molecular formula is C8H16N2O2. The Bertz CT molecular complexity index is 161. The van der Waals surface area contributed by atoms with Crippen LogP contribution in [-0.4, -0.2) is 42.3 Å². The number of hydrogen-bond donors (Lipinski definition) is 2. The van der Waals surface area contributed by atoms with Crippen LogP contribution in [-0.2, 0) is 0 Å². The van der Waals surface area contributed by atoms with Gasteiger partial charge in [-0.1, -0.05) is 6.92 Å². The van der Waals surface area contributed by atoms with Gasteiger partial charge in [-0.25, -0.2) is 4.79 Å². The Morgan fingerprint density at radius 1 is 1.75 bits per heavy atom. The summed E-state index contributed by atoms with van der Waals surface area (Å²) in [5.41, 5.74) is 0. The van der Waals surface area contributed by atoms with Crippen molar-refractivity contribution in [2.45, 2.75) is 13.3 Å². The van der Waals surface area contributed by atoms with Crippen LogP contribution < -0.4 is 5.32 Å². The fraction of sp³-hybridized carbons (Fsp3) is 0.875. The van der Waals surface area contributed by atoms with Crippen LogP contribution >= 0.6 is 0 Å². The lowest BCUT2D eigenvalue weighted by molar-refractivity contribution is 0.200. The van der Waals surface area contributed by atoms with Gasteiger partial charge in [-0.2, -0.15) is 0 Å². The molecule has 0 aromatic carbocycles. The number of hydrogen-bond acceptors (Lipinski definition) is 2. The zero-order valence-electron chi connectivity index (χ0n) is 7.42. The first-order valence-corrected chi connectivity index (χ1v) is 4.37. The van der Waals surface area contributed by atoms with E-state index < -0.39 is 0 Å². The first-order valence-electron chi connectivity index (χ1n) is 4.37. The largest absolute Gasteiger partial charge is 0.396 e. The third-order valence-electron chi connectivity index (χ3n) is 2.10. The van der Waals surface area contributed by atoms with E-state index in [1.54, 1.807) is 4.90 Å². The van der Waals surface area contributed by atoms with Crippen LogP contribution in [0.3, 0.4) is 0 Å². The number of rotatable bonds is 4. The molecule has 0 aromatic heterocycles. The Morgan fingerprint density at radius 3 is 3.00 bits per heavy atom. The number of aliphatic hydroxyl groups excluding tert-OH is 1. The highest BCUT2D eigenvalue weighted by atomic mass is 16.3. The molecule has 0 spiro atoms. The van der Waals surface area contributed by atoms with Crippen molar-refractivity contribution in [1.82, 2.24) is 10.2 Å². The second-order valence-electron chi connectivity index (χ2n) is 3.30. The van der Waals surface area contributed by atoms with Crippen LogP contribution in [0.25, 0.3) is 0 Å². The van der Waals surface area contributed by atoms with Gasteiger partial charge in [0, 0.05) is 26.2 Å². The van der Waals surface area contributed by atoms with Crippen LogP contribution in [0.1, 0.15) is 13.3 Å². The van der Waals surface area contributed by atoms with Crippen LogP contribution in [0.15, 0.2) is 0 Å². The van der Waals surface area contributed by atoms with Gasteiger partial charge in [0.2, 0.25) is 0 Å². The van der Waals surface area contributed by atoms with Crippen LogP contribution in [0.5, 0.6) is 0 Å². The fourth-order valence-electron chi connectivity index (χ4n) is 1.37.